The van der Waals surface area contributed by atoms with Gasteiger partial charge in [0.2, 0.25) is 17.7 Å². The van der Waals surface area contributed by atoms with E-state index < -0.39 is 23.3 Å². The van der Waals surface area contributed by atoms with Crippen molar-refractivity contribution in [2.45, 2.75) is 69.8 Å². The molecule has 176 valence electrons. The Bertz CT molecular complexity index is 866. The van der Waals surface area contributed by atoms with Crippen molar-refractivity contribution >= 4 is 17.5 Å². The first-order valence-corrected chi connectivity index (χ1v) is 11.0. The smallest absolute Gasteiger partial charge is 0.425 e. The van der Waals surface area contributed by atoms with Gasteiger partial charge in [-0.2, -0.15) is 13.2 Å². The molecule has 2 aliphatic heterocycles. The molecule has 1 aromatic heterocycles. The summed E-state index contributed by atoms with van der Waals surface area (Å²) < 4.78 is 42.8. The van der Waals surface area contributed by atoms with Crippen molar-refractivity contribution < 1.29 is 32.6 Å². The molecule has 2 saturated heterocycles. The predicted molar refractivity (Wildman–Crippen MR) is 109 cm³/mol. The van der Waals surface area contributed by atoms with Crippen LogP contribution >= 0.6 is 0 Å². The van der Waals surface area contributed by atoms with E-state index in [1.54, 1.807) is 15.9 Å². The lowest BCUT2D eigenvalue weighted by atomic mass is 9.67. The molecule has 4 rings (SSSR count). The van der Waals surface area contributed by atoms with Crippen LogP contribution in [0.1, 0.15) is 51.9 Å². The van der Waals surface area contributed by atoms with Gasteiger partial charge in [0.05, 0.1) is 22.9 Å². The van der Waals surface area contributed by atoms with E-state index in [2.05, 4.69) is 4.98 Å². The maximum absolute atomic E-state index is 13.3. The van der Waals surface area contributed by atoms with Gasteiger partial charge in [0.1, 0.15) is 0 Å². The molecule has 0 aromatic carbocycles. The van der Waals surface area contributed by atoms with E-state index in [1.807, 2.05) is 0 Å². The Morgan fingerprint density at radius 1 is 1.16 bits per heavy atom. The van der Waals surface area contributed by atoms with Crippen LogP contribution in [0.5, 0.6) is 5.88 Å². The highest BCUT2D eigenvalue weighted by Gasteiger charge is 2.52. The topological polar surface area (TPSA) is 83.0 Å². The fourth-order valence-electron chi connectivity index (χ4n) is 4.96. The maximum Gasteiger partial charge on any atom is 0.425 e. The number of likely N-dealkylation sites (tertiary alicyclic amines) is 1. The molecule has 1 aliphatic carbocycles. The van der Waals surface area contributed by atoms with Crippen LogP contribution in [0.25, 0.3) is 0 Å². The van der Waals surface area contributed by atoms with Crippen molar-refractivity contribution in [2.24, 2.45) is 5.41 Å². The van der Waals surface area contributed by atoms with Crippen LogP contribution in [0.3, 0.4) is 0 Å². The van der Waals surface area contributed by atoms with Crippen molar-refractivity contribution in [3.05, 3.63) is 18.3 Å². The standard InChI is InChI=1S/C22H28F3N3O4/c1-15(22(23,24)25)32-17-5-4-16(13-26-17)28-12-10-20(19(28)30)6-8-21(31,9-7-20)14-27-11-2-3-18(27)29/h4-5,13,15,31H,2-3,6-12,14H2,1H3/t15-,20-,21+/m0/s1. The molecule has 1 atom stereocenters. The molecule has 3 fully saturated rings. The highest BCUT2D eigenvalue weighted by atomic mass is 19.4. The number of alkyl halides is 3. The average molecular weight is 455 g/mol. The number of pyridine rings is 1. The summed E-state index contributed by atoms with van der Waals surface area (Å²) in [5.74, 6) is -0.124. The van der Waals surface area contributed by atoms with Crippen molar-refractivity contribution in [2.75, 3.05) is 24.5 Å². The molecule has 0 bridgehead atoms. The van der Waals surface area contributed by atoms with E-state index in [9.17, 15) is 27.9 Å². The number of ether oxygens (including phenoxy) is 1. The molecule has 3 heterocycles. The largest absolute Gasteiger partial charge is 0.465 e. The molecule has 1 spiro atoms. The zero-order chi connectivity index (χ0) is 23.1. The number of nitrogens with zero attached hydrogens (tertiary/aromatic N) is 3. The zero-order valence-corrected chi connectivity index (χ0v) is 18.0. The Morgan fingerprint density at radius 3 is 2.44 bits per heavy atom. The van der Waals surface area contributed by atoms with Crippen LogP contribution in [0.15, 0.2) is 18.3 Å². The van der Waals surface area contributed by atoms with Gasteiger partial charge in [-0.25, -0.2) is 4.98 Å². The van der Waals surface area contributed by atoms with E-state index >= 15 is 0 Å². The minimum absolute atomic E-state index is 0.0454. The normalized spacial score (nSPS) is 29.8. The van der Waals surface area contributed by atoms with E-state index in [0.29, 0.717) is 63.8 Å². The fourth-order valence-corrected chi connectivity index (χ4v) is 4.96. The number of hydrogen-bond acceptors (Lipinski definition) is 5. The number of aromatic nitrogens is 1. The first-order chi connectivity index (χ1) is 15.0. The Balaban J connectivity index is 1.37. The Morgan fingerprint density at radius 2 is 1.88 bits per heavy atom. The minimum Gasteiger partial charge on any atom is -0.465 e. The molecular formula is C22H28F3N3O4. The predicted octanol–water partition coefficient (Wildman–Crippen LogP) is 3.06. The van der Waals surface area contributed by atoms with Crippen molar-refractivity contribution in [1.29, 1.82) is 0 Å². The van der Waals surface area contributed by atoms with Gasteiger partial charge in [-0.1, -0.05) is 0 Å². The number of β-amino-alcohol motifs (C(OH)–C–C–N with tert-alkyl or cyclic N) is 1. The van der Waals surface area contributed by atoms with Crippen LogP contribution in [0.4, 0.5) is 18.9 Å². The molecule has 7 nitrogen and oxygen atoms in total. The van der Waals surface area contributed by atoms with Crippen molar-refractivity contribution in [1.82, 2.24) is 9.88 Å². The molecule has 0 unspecified atom stereocenters. The monoisotopic (exact) mass is 455 g/mol. The zero-order valence-electron chi connectivity index (χ0n) is 18.0. The number of carbonyl (C=O) groups excluding carboxylic acids is 2. The van der Waals surface area contributed by atoms with Crippen molar-refractivity contribution in [3.63, 3.8) is 0 Å². The summed E-state index contributed by atoms with van der Waals surface area (Å²) >= 11 is 0. The van der Waals surface area contributed by atoms with Crippen LogP contribution in [-0.2, 0) is 9.59 Å². The molecule has 2 amide bonds. The molecule has 3 aliphatic rings. The van der Waals surface area contributed by atoms with Gasteiger partial charge in [0.25, 0.3) is 0 Å². The van der Waals surface area contributed by atoms with Gasteiger partial charge in [-0.3, -0.25) is 9.59 Å². The molecule has 10 heteroatoms. The molecule has 1 N–H and O–H groups in total. The van der Waals surface area contributed by atoms with Gasteiger partial charge < -0.3 is 19.6 Å². The SMILES string of the molecule is C[C@H](Oc1ccc(N2CC[C@]3(CC[C@@](O)(CN4CCCC4=O)CC3)C2=O)cn1)C(F)(F)F. The highest BCUT2D eigenvalue weighted by molar-refractivity contribution is 5.99. The number of hydrogen-bond donors (Lipinski definition) is 1. The molecule has 32 heavy (non-hydrogen) atoms. The summed E-state index contributed by atoms with van der Waals surface area (Å²) in [4.78, 5) is 32.4. The van der Waals surface area contributed by atoms with E-state index in [4.69, 9.17) is 4.74 Å². The number of anilines is 1. The summed E-state index contributed by atoms with van der Waals surface area (Å²) in [6, 6.07) is 2.88. The quantitative estimate of drug-likeness (QED) is 0.738. The summed E-state index contributed by atoms with van der Waals surface area (Å²) in [5, 5.41) is 11.0. The number of amides is 2. The fraction of sp³-hybridized carbons (Fsp3) is 0.682. The minimum atomic E-state index is -4.48. The third kappa shape index (κ3) is 4.42. The third-order valence-corrected chi connectivity index (χ3v) is 7.10. The summed E-state index contributed by atoms with van der Waals surface area (Å²) in [6.45, 7) is 2.39. The lowest BCUT2D eigenvalue weighted by Gasteiger charge is -2.42. The second kappa shape index (κ2) is 8.20. The van der Waals surface area contributed by atoms with Gasteiger partial charge >= 0.3 is 6.18 Å². The van der Waals surface area contributed by atoms with Crippen LogP contribution < -0.4 is 9.64 Å². The molecule has 0 radical (unpaired) electrons. The first-order valence-electron chi connectivity index (χ1n) is 11.0. The van der Waals surface area contributed by atoms with Crippen molar-refractivity contribution in [3.8, 4) is 5.88 Å². The third-order valence-electron chi connectivity index (χ3n) is 7.10. The lowest BCUT2D eigenvalue weighted by molar-refractivity contribution is -0.189. The summed E-state index contributed by atoms with van der Waals surface area (Å²) in [5.41, 5.74) is -1.00. The van der Waals surface area contributed by atoms with Gasteiger partial charge in [0, 0.05) is 32.1 Å². The van der Waals surface area contributed by atoms with Gasteiger partial charge in [-0.05, 0) is 51.5 Å². The van der Waals surface area contributed by atoms with Gasteiger partial charge in [0.15, 0.2) is 6.10 Å². The Labute approximate surface area is 184 Å². The van der Waals surface area contributed by atoms with Crippen LogP contribution in [-0.4, -0.2) is 64.3 Å². The maximum atomic E-state index is 13.3. The second-order valence-corrected chi connectivity index (χ2v) is 9.29. The summed E-state index contributed by atoms with van der Waals surface area (Å²) in [7, 11) is 0. The number of carbonyl (C=O) groups is 2. The average Bonchev–Trinajstić information content (AvgIpc) is 3.28. The highest BCUT2D eigenvalue weighted by Crippen LogP contribution is 2.49. The Hall–Kier alpha value is -2.36. The number of aliphatic hydroxyl groups is 1. The number of rotatable bonds is 5. The first kappa shape index (κ1) is 22.8. The molecule has 1 saturated carbocycles. The van der Waals surface area contributed by atoms with E-state index in [1.165, 1.54) is 12.3 Å². The molecule has 1 aromatic rings. The van der Waals surface area contributed by atoms with E-state index in [-0.39, 0.29) is 17.7 Å². The Kier molecular flexibility index (Phi) is 5.85. The van der Waals surface area contributed by atoms with Crippen LogP contribution in [0, 0.1) is 5.41 Å². The second-order valence-electron chi connectivity index (χ2n) is 9.29. The summed E-state index contributed by atoms with van der Waals surface area (Å²) in [6.07, 6.45) is -1.12. The van der Waals surface area contributed by atoms with Gasteiger partial charge in [-0.15, -0.1) is 0 Å². The van der Waals surface area contributed by atoms with E-state index in [0.717, 1.165) is 13.3 Å². The lowest BCUT2D eigenvalue weighted by Crippen LogP contribution is -2.49. The molecular weight excluding hydrogens is 427 g/mol. The van der Waals surface area contributed by atoms with Crippen LogP contribution in [0.2, 0.25) is 0 Å². The number of halogens is 3.